The Morgan fingerprint density at radius 3 is 2.47 bits per heavy atom. The van der Waals surface area contributed by atoms with Crippen molar-refractivity contribution in [3.05, 3.63) is 66.2 Å². The molecule has 0 aromatic heterocycles. The van der Waals surface area contributed by atoms with Crippen molar-refractivity contribution in [2.24, 2.45) is 0 Å². The summed E-state index contributed by atoms with van der Waals surface area (Å²) in [7, 11) is 0. The molecule has 0 heterocycles. The maximum Gasteiger partial charge on any atom is -0.0112 e. The van der Waals surface area contributed by atoms with Gasteiger partial charge < -0.3 is 0 Å². The minimum absolute atomic E-state index is 1.24. The molecule has 0 heteroatoms. The first-order valence-corrected chi connectivity index (χ1v) is 5.10. The van der Waals surface area contributed by atoms with Crippen LogP contribution in [0.25, 0.3) is 17.2 Å². The molecule has 0 aliphatic heterocycles. The third-order valence-corrected chi connectivity index (χ3v) is 2.34. The van der Waals surface area contributed by atoms with Crippen LogP contribution >= 0.6 is 0 Å². The second kappa shape index (κ2) is 4.61. The summed E-state index contributed by atoms with van der Waals surface area (Å²) >= 11 is 0. The van der Waals surface area contributed by atoms with Gasteiger partial charge in [0.1, 0.15) is 0 Å². The highest BCUT2D eigenvalue weighted by Crippen LogP contribution is 2.23. The molecule has 73 valence electrons. The van der Waals surface area contributed by atoms with Gasteiger partial charge in [-0.2, -0.15) is 0 Å². The van der Waals surface area contributed by atoms with Gasteiger partial charge in [-0.15, -0.1) is 0 Å². The maximum absolute atomic E-state index is 3.04. The summed E-state index contributed by atoms with van der Waals surface area (Å²) in [6.45, 7) is 2.04. The average molecular weight is 193 g/mol. The van der Waals surface area contributed by atoms with Gasteiger partial charge in [0.2, 0.25) is 0 Å². The fraction of sp³-hybridized carbons (Fsp3) is 0.0667. The molecule has 1 radical (unpaired) electrons. The number of benzene rings is 2. The summed E-state index contributed by atoms with van der Waals surface area (Å²) in [5, 5.41) is 0. The molecule has 2 rings (SSSR count). The van der Waals surface area contributed by atoms with E-state index in [4.69, 9.17) is 0 Å². The van der Waals surface area contributed by atoms with Gasteiger partial charge >= 0.3 is 0 Å². The molecule has 0 spiro atoms. The SMILES string of the molecule is CC=Cc1ccccc1-c1cc[c]cc1. The number of rotatable bonds is 2. The molecule has 2 aromatic carbocycles. The summed E-state index contributed by atoms with van der Waals surface area (Å²) in [6, 6.07) is 19.5. The van der Waals surface area contributed by atoms with Gasteiger partial charge in [0.05, 0.1) is 0 Å². The molecule has 0 unspecified atom stereocenters. The quantitative estimate of drug-likeness (QED) is 0.671. The number of allylic oxidation sites excluding steroid dienone is 1. The molecular weight excluding hydrogens is 180 g/mol. The lowest BCUT2D eigenvalue weighted by molar-refractivity contribution is 1.58. The van der Waals surface area contributed by atoms with E-state index < -0.39 is 0 Å². The zero-order chi connectivity index (χ0) is 10.5. The van der Waals surface area contributed by atoms with Crippen molar-refractivity contribution >= 4 is 6.08 Å². The fourth-order valence-electron chi connectivity index (χ4n) is 1.65. The first kappa shape index (κ1) is 9.72. The van der Waals surface area contributed by atoms with Crippen molar-refractivity contribution in [2.75, 3.05) is 0 Å². The van der Waals surface area contributed by atoms with E-state index in [-0.39, 0.29) is 0 Å². The highest BCUT2D eigenvalue weighted by molar-refractivity contribution is 5.74. The van der Waals surface area contributed by atoms with Crippen LogP contribution in [0.2, 0.25) is 0 Å². The van der Waals surface area contributed by atoms with E-state index >= 15 is 0 Å². The first-order valence-electron chi connectivity index (χ1n) is 5.10. The molecule has 0 bridgehead atoms. The van der Waals surface area contributed by atoms with Crippen molar-refractivity contribution in [3.63, 3.8) is 0 Å². The number of hydrogen-bond acceptors (Lipinski definition) is 0. The third kappa shape index (κ3) is 2.16. The zero-order valence-electron chi connectivity index (χ0n) is 8.77. The molecule has 0 N–H and O–H groups in total. The summed E-state index contributed by atoms with van der Waals surface area (Å²) in [4.78, 5) is 0. The monoisotopic (exact) mass is 193 g/mol. The molecule has 0 aliphatic carbocycles. The zero-order valence-corrected chi connectivity index (χ0v) is 8.77. The van der Waals surface area contributed by atoms with Crippen LogP contribution < -0.4 is 0 Å². The lowest BCUT2D eigenvalue weighted by Crippen LogP contribution is -1.81. The molecule has 15 heavy (non-hydrogen) atoms. The molecule has 0 aliphatic rings. The van der Waals surface area contributed by atoms with Crippen LogP contribution in [-0.4, -0.2) is 0 Å². The van der Waals surface area contributed by atoms with Crippen LogP contribution in [0.3, 0.4) is 0 Å². The second-order valence-corrected chi connectivity index (χ2v) is 3.38. The summed E-state index contributed by atoms with van der Waals surface area (Å²) in [5.41, 5.74) is 3.76. The van der Waals surface area contributed by atoms with Crippen LogP contribution in [0.15, 0.2) is 54.6 Å². The molecular formula is C15H13. The van der Waals surface area contributed by atoms with Crippen LogP contribution in [0.5, 0.6) is 0 Å². The molecule has 0 saturated heterocycles. The Morgan fingerprint density at radius 2 is 1.73 bits per heavy atom. The van der Waals surface area contributed by atoms with Gasteiger partial charge in [0.25, 0.3) is 0 Å². The lowest BCUT2D eigenvalue weighted by Gasteiger charge is -2.05. The second-order valence-electron chi connectivity index (χ2n) is 3.38. The summed E-state index contributed by atoms with van der Waals surface area (Å²) < 4.78 is 0. The molecule has 0 amide bonds. The van der Waals surface area contributed by atoms with E-state index in [0.717, 1.165) is 0 Å². The Kier molecular flexibility index (Phi) is 2.99. The van der Waals surface area contributed by atoms with E-state index in [1.165, 1.54) is 16.7 Å². The fourth-order valence-corrected chi connectivity index (χ4v) is 1.65. The largest absolute Gasteiger partial charge is 0.0870 e. The van der Waals surface area contributed by atoms with E-state index in [2.05, 4.69) is 54.6 Å². The Labute approximate surface area is 90.9 Å². The van der Waals surface area contributed by atoms with E-state index in [1.807, 2.05) is 19.1 Å². The van der Waals surface area contributed by atoms with Gasteiger partial charge in [-0.25, -0.2) is 0 Å². The predicted molar refractivity (Wildman–Crippen MR) is 65.4 cm³/mol. The van der Waals surface area contributed by atoms with Gasteiger partial charge in [-0.3, -0.25) is 0 Å². The lowest BCUT2D eigenvalue weighted by atomic mass is 10.00. The van der Waals surface area contributed by atoms with Crippen molar-refractivity contribution in [2.45, 2.75) is 6.92 Å². The molecule has 2 aromatic rings. The third-order valence-electron chi connectivity index (χ3n) is 2.34. The van der Waals surface area contributed by atoms with Crippen LogP contribution in [-0.2, 0) is 0 Å². The normalized spacial score (nSPS) is 10.7. The Bertz CT molecular complexity index is 452. The average Bonchev–Trinajstić information content (AvgIpc) is 2.31. The van der Waals surface area contributed by atoms with Crippen LogP contribution in [0.4, 0.5) is 0 Å². The molecule has 0 saturated carbocycles. The highest BCUT2D eigenvalue weighted by atomic mass is 14.0. The summed E-state index contributed by atoms with van der Waals surface area (Å²) in [5.74, 6) is 0. The van der Waals surface area contributed by atoms with Crippen molar-refractivity contribution in [3.8, 4) is 11.1 Å². The molecule has 0 fully saturated rings. The standard InChI is InChI=1S/C15H13/c1-2-8-13-11-6-7-12-15(13)14-9-4-3-5-10-14/h2,4-12H,1H3. The minimum Gasteiger partial charge on any atom is -0.0870 e. The maximum atomic E-state index is 3.04. The summed E-state index contributed by atoms with van der Waals surface area (Å²) in [6.07, 6.45) is 4.19. The minimum atomic E-state index is 1.24. The van der Waals surface area contributed by atoms with Crippen LogP contribution in [0.1, 0.15) is 12.5 Å². The van der Waals surface area contributed by atoms with Crippen molar-refractivity contribution in [1.29, 1.82) is 0 Å². The predicted octanol–water partition coefficient (Wildman–Crippen LogP) is 4.19. The van der Waals surface area contributed by atoms with E-state index in [1.54, 1.807) is 0 Å². The van der Waals surface area contributed by atoms with E-state index in [0.29, 0.717) is 0 Å². The van der Waals surface area contributed by atoms with Gasteiger partial charge in [-0.1, -0.05) is 60.7 Å². The van der Waals surface area contributed by atoms with Gasteiger partial charge in [0.15, 0.2) is 0 Å². The van der Waals surface area contributed by atoms with Crippen molar-refractivity contribution < 1.29 is 0 Å². The first-order chi connectivity index (χ1) is 7.42. The van der Waals surface area contributed by atoms with E-state index in [9.17, 15) is 0 Å². The Hall–Kier alpha value is -1.82. The molecule has 0 atom stereocenters. The van der Waals surface area contributed by atoms with Gasteiger partial charge in [0, 0.05) is 0 Å². The van der Waals surface area contributed by atoms with Crippen LogP contribution in [0, 0.1) is 6.07 Å². The number of hydrogen-bond donors (Lipinski definition) is 0. The smallest absolute Gasteiger partial charge is 0.0112 e. The van der Waals surface area contributed by atoms with Gasteiger partial charge in [-0.05, 0) is 29.7 Å². The molecule has 0 nitrogen and oxygen atoms in total. The highest BCUT2D eigenvalue weighted by Gasteiger charge is 1.99. The topological polar surface area (TPSA) is 0 Å². The van der Waals surface area contributed by atoms with Crippen molar-refractivity contribution in [1.82, 2.24) is 0 Å². The Balaban J connectivity index is 2.53. The Morgan fingerprint density at radius 1 is 1.00 bits per heavy atom.